The molecule has 4 aromatic rings. The molecular weight excluding hydrogens is 510 g/mol. The summed E-state index contributed by atoms with van der Waals surface area (Å²) in [5, 5.41) is 8.59. The Bertz CT molecular complexity index is 1550. The Morgan fingerprint density at radius 2 is 1.65 bits per heavy atom. The Morgan fingerprint density at radius 1 is 1.00 bits per heavy atom. The first kappa shape index (κ1) is 26.1. The van der Waals surface area contributed by atoms with Gasteiger partial charge in [0.2, 0.25) is 0 Å². The van der Waals surface area contributed by atoms with Crippen molar-refractivity contribution in [2.24, 2.45) is 5.10 Å². The predicted octanol–water partition coefficient (Wildman–Crippen LogP) is 4.80. The molecule has 190 valence electrons. The molecule has 0 aliphatic rings. The molecular formula is C27H26ClN5O3S. The van der Waals surface area contributed by atoms with Crippen molar-refractivity contribution >= 4 is 39.4 Å². The van der Waals surface area contributed by atoms with Crippen LogP contribution in [0.2, 0.25) is 5.15 Å². The number of halogens is 1. The minimum Gasteiger partial charge on any atom is -0.271 e. The van der Waals surface area contributed by atoms with Gasteiger partial charge < -0.3 is 0 Å². The fourth-order valence-corrected chi connectivity index (χ4v) is 5.51. The number of amides is 1. The number of para-hydroxylation sites is 2. The fraction of sp³-hybridized carbons (Fsp3) is 0.148. The van der Waals surface area contributed by atoms with Crippen LogP contribution < -0.4 is 9.73 Å². The Balaban J connectivity index is 1.57. The average molecular weight is 536 g/mol. The van der Waals surface area contributed by atoms with E-state index in [1.807, 2.05) is 50.2 Å². The van der Waals surface area contributed by atoms with Crippen molar-refractivity contribution in [3.63, 3.8) is 0 Å². The van der Waals surface area contributed by atoms with E-state index in [0.29, 0.717) is 16.8 Å². The van der Waals surface area contributed by atoms with Crippen LogP contribution in [0.5, 0.6) is 0 Å². The second-order valence-corrected chi connectivity index (χ2v) is 10.7. The molecule has 10 heteroatoms. The summed E-state index contributed by atoms with van der Waals surface area (Å²) in [6.07, 6.45) is 1.40. The van der Waals surface area contributed by atoms with Crippen molar-refractivity contribution in [2.45, 2.75) is 25.7 Å². The number of benzene rings is 3. The zero-order valence-corrected chi connectivity index (χ0v) is 22.2. The molecule has 0 saturated carbocycles. The number of anilines is 1. The van der Waals surface area contributed by atoms with E-state index in [0.717, 1.165) is 21.2 Å². The zero-order valence-electron chi connectivity index (χ0n) is 20.6. The first-order valence-electron chi connectivity index (χ1n) is 11.5. The molecule has 0 atom stereocenters. The Kier molecular flexibility index (Phi) is 7.75. The average Bonchev–Trinajstić information content (AvgIpc) is 3.17. The second kappa shape index (κ2) is 11.0. The lowest BCUT2D eigenvalue weighted by molar-refractivity contribution is -0.119. The molecule has 0 spiro atoms. The van der Waals surface area contributed by atoms with E-state index >= 15 is 0 Å². The van der Waals surface area contributed by atoms with Gasteiger partial charge in [0.1, 0.15) is 6.54 Å². The molecule has 3 aromatic carbocycles. The van der Waals surface area contributed by atoms with Gasteiger partial charge in [0.15, 0.2) is 5.15 Å². The number of aryl methyl sites for hydroxylation is 2. The number of hydrogen-bond donors (Lipinski definition) is 1. The predicted molar refractivity (Wildman–Crippen MR) is 146 cm³/mol. The molecule has 0 bridgehead atoms. The lowest BCUT2D eigenvalue weighted by Gasteiger charge is -2.25. The third kappa shape index (κ3) is 5.73. The van der Waals surface area contributed by atoms with E-state index in [2.05, 4.69) is 15.6 Å². The first-order valence-corrected chi connectivity index (χ1v) is 13.3. The summed E-state index contributed by atoms with van der Waals surface area (Å²) >= 11 is 6.31. The number of sulfonamides is 1. The number of hydrogen-bond acceptors (Lipinski definition) is 5. The van der Waals surface area contributed by atoms with E-state index in [-0.39, 0.29) is 10.0 Å². The standard InChI is InChI=1S/C27H26ClN5O3S/c1-19-13-15-23(16-14-19)37(35,36)32(25-12-8-7-9-20(25)2)18-26(34)30-29-17-24-21(3)33(31-27(24)28)22-10-5-4-6-11-22/h4-17H,18H2,1-3H3,(H,30,34)/b29-17-. The monoisotopic (exact) mass is 535 g/mol. The number of nitrogens with zero attached hydrogens (tertiary/aromatic N) is 4. The SMILES string of the molecule is Cc1ccc(S(=O)(=O)N(CC(=O)N/N=C\c2c(Cl)nn(-c3ccccc3)c2C)c2ccccc2C)cc1. The van der Waals surface area contributed by atoms with Crippen molar-refractivity contribution < 1.29 is 13.2 Å². The van der Waals surface area contributed by atoms with Gasteiger partial charge in [0, 0.05) is 0 Å². The van der Waals surface area contributed by atoms with Crippen LogP contribution in [-0.2, 0) is 14.8 Å². The van der Waals surface area contributed by atoms with Crippen LogP contribution in [0.4, 0.5) is 5.69 Å². The largest absolute Gasteiger partial charge is 0.271 e. The quantitative estimate of drug-likeness (QED) is 0.259. The van der Waals surface area contributed by atoms with Gasteiger partial charge in [-0.1, -0.05) is 65.7 Å². The number of carbonyl (C=O) groups is 1. The molecule has 8 nitrogen and oxygen atoms in total. The molecule has 0 unspecified atom stereocenters. The van der Waals surface area contributed by atoms with Gasteiger partial charge >= 0.3 is 0 Å². The summed E-state index contributed by atoms with van der Waals surface area (Å²) in [4.78, 5) is 13.0. The maximum absolute atomic E-state index is 13.5. The Labute approximate surface area is 221 Å². The van der Waals surface area contributed by atoms with Gasteiger partial charge in [0.05, 0.1) is 33.7 Å². The van der Waals surface area contributed by atoms with Crippen LogP contribution in [0.1, 0.15) is 22.4 Å². The third-order valence-electron chi connectivity index (χ3n) is 5.78. The van der Waals surface area contributed by atoms with Gasteiger partial charge in [-0.15, -0.1) is 0 Å². The number of carbonyl (C=O) groups excluding carboxylic acids is 1. The normalized spacial score (nSPS) is 11.6. The van der Waals surface area contributed by atoms with Crippen LogP contribution in [-0.4, -0.2) is 36.9 Å². The lowest BCUT2D eigenvalue weighted by atomic mass is 10.2. The maximum atomic E-state index is 13.5. The first-order chi connectivity index (χ1) is 17.7. The smallest absolute Gasteiger partial charge is 0.264 e. The van der Waals surface area contributed by atoms with Crippen molar-refractivity contribution in [3.8, 4) is 5.69 Å². The molecule has 4 rings (SSSR count). The second-order valence-electron chi connectivity index (χ2n) is 8.44. The molecule has 37 heavy (non-hydrogen) atoms. The van der Waals surface area contributed by atoms with Gasteiger partial charge in [-0.05, 0) is 56.7 Å². The zero-order chi connectivity index (χ0) is 26.6. The summed E-state index contributed by atoms with van der Waals surface area (Å²) in [5.41, 5.74) is 6.57. The van der Waals surface area contributed by atoms with Crippen molar-refractivity contribution in [1.29, 1.82) is 0 Å². The third-order valence-corrected chi connectivity index (χ3v) is 7.83. The van der Waals surface area contributed by atoms with Crippen molar-refractivity contribution in [2.75, 3.05) is 10.8 Å². The Morgan fingerprint density at radius 3 is 2.32 bits per heavy atom. The van der Waals surface area contributed by atoms with Crippen LogP contribution in [0, 0.1) is 20.8 Å². The van der Waals surface area contributed by atoms with E-state index in [4.69, 9.17) is 11.6 Å². The van der Waals surface area contributed by atoms with Gasteiger partial charge in [-0.25, -0.2) is 18.5 Å². The Hall–Kier alpha value is -3.95. The topological polar surface area (TPSA) is 96.7 Å². The lowest BCUT2D eigenvalue weighted by Crippen LogP contribution is -2.40. The maximum Gasteiger partial charge on any atom is 0.264 e. The minimum atomic E-state index is -4.02. The van der Waals surface area contributed by atoms with E-state index < -0.39 is 22.5 Å². The van der Waals surface area contributed by atoms with Crippen LogP contribution in [0.15, 0.2) is 88.9 Å². The molecule has 1 aromatic heterocycles. The van der Waals surface area contributed by atoms with Crippen molar-refractivity contribution in [1.82, 2.24) is 15.2 Å². The molecule has 0 aliphatic heterocycles. The van der Waals surface area contributed by atoms with E-state index in [1.165, 1.54) is 18.3 Å². The highest BCUT2D eigenvalue weighted by molar-refractivity contribution is 7.92. The van der Waals surface area contributed by atoms with Gasteiger partial charge in [-0.3, -0.25) is 9.10 Å². The summed E-state index contributed by atoms with van der Waals surface area (Å²) < 4.78 is 29.8. The van der Waals surface area contributed by atoms with E-state index in [1.54, 1.807) is 41.9 Å². The number of nitrogens with one attached hydrogen (secondary N) is 1. The molecule has 1 heterocycles. The highest BCUT2D eigenvalue weighted by Gasteiger charge is 2.28. The number of hydrazone groups is 1. The van der Waals surface area contributed by atoms with Crippen molar-refractivity contribution in [3.05, 3.63) is 106 Å². The molecule has 1 N–H and O–H groups in total. The van der Waals surface area contributed by atoms with Gasteiger partial charge in [-0.2, -0.15) is 10.2 Å². The van der Waals surface area contributed by atoms with Crippen LogP contribution in [0.3, 0.4) is 0 Å². The van der Waals surface area contributed by atoms with Crippen LogP contribution in [0.25, 0.3) is 5.69 Å². The fourth-order valence-electron chi connectivity index (χ4n) is 3.76. The summed E-state index contributed by atoms with van der Waals surface area (Å²) in [7, 11) is -4.02. The highest BCUT2D eigenvalue weighted by atomic mass is 35.5. The van der Waals surface area contributed by atoms with Crippen LogP contribution >= 0.6 is 11.6 Å². The highest BCUT2D eigenvalue weighted by Crippen LogP contribution is 2.27. The summed E-state index contributed by atoms with van der Waals surface area (Å²) in [6.45, 7) is 5.04. The molecule has 0 saturated heterocycles. The molecule has 0 fully saturated rings. The van der Waals surface area contributed by atoms with Gasteiger partial charge in [0.25, 0.3) is 15.9 Å². The van der Waals surface area contributed by atoms with E-state index in [9.17, 15) is 13.2 Å². The summed E-state index contributed by atoms with van der Waals surface area (Å²) in [5.74, 6) is -0.612. The number of aromatic nitrogens is 2. The molecule has 1 amide bonds. The minimum absolute atomic E-state index is 0.0911. The summed E-state index contributed by atoms with van der Waals surface area (Å²) in [6, 6.07) is 23.0. The number of rotatable bonds is 8. The molecule has 0 aliphatic carbocycles. The molecule has 0 radical (unpaired) electrons.